The summed E-state index contributed by atoms with van der Waals surface area (Å²) in [6.45, 7) is 1.72. The Bertz CT molecular complexity index is 965. The van der Waals surface area contributed by atoms with E-state index in [1.807, 2.05) is 0 Å². The molecule has 7 nitrogen and oxygen atoms in total. The number of aryl methyl sites for hydroxylation is 1. The molecule has 0 atom stereocenters. The monoisotopic (exact) mass is 370 g/mol. The number of rotatable bonds is 5. The molecule has 1 N–H and O–H groups in total. The Morgan fingerprint density at radius 1 is 1.15 bits per heavy atom. The molecule has 0 radical (unpaired) electrons. The normalized spacial score (nSPS) is 14.6. The SMILES string of the molecule is O=C(O)CCc1nc(N2CCCCC2)c2c(-c3ccc(F)cc3)noc2n1. The van der Waals surface area contributed by atoms with E-state index in [9.17, 15) is 9.18 Å². The van der Waals surface area contributed by atoms with E-state index in [-0.39, 0.29) is 18.7 Å². The van der Waals surface area contributed by atoms with Crippen molar-refractivity contribution in [2.24, 2.45) is 0 Å². The van der Waals surface area contributed by atoms with Crippen LogP contribution in [0.1, 0.15) is 31.5 Å². The van der Waals surface area contributed by atoms with Crippen LogP contribution in [0, 0.1) is 5.82 Å². The topological polar surface area (TPSA) is 92.3 Å². The number of aromatic nitrogens is 3. The quantitative estimate of drug-likeness (QED) is 0.735. The summed E-state index contributed by atoms with van der Waals surface area (Å²) in [5.74, 6) is -0.0919. The van der Waals surface area contributed by atoms with E-state index in [1.54, 1.807) is 12.1 Å². The summed E-state index contributed by atoms with van der Waals surface area (Å²) in [6.07, 6.45) is 3.47. The summed E-state index contributed by atoms with van der Waals surface area (Å²) in [4.78, 5) is 22.1. The van der Waals surface area contributed by atoms with Crippen LogP contribution in [0.4, 0.5) is 10.2 Å². The molecule has 1 fully saturated rings. The molecule has 27 heavy (non-hydrogen) atoms. The Labute approximate surface area is 154 Å². The molecule has 0 bridgehead atoms. The molecular formula is C19H19FN4O3. The van der Waals surface area contributed by atoms with Crippen LogP contribution < -0.4 is 4.90 Å². The minimum atomic E-state index is -0.900. The van der Waals surface area contributed by atoms with Gasteiger partial charge in [0.05, 0.1) is 6.42 Å². The van der Waals surface area contributed by atoms with Crippen LogP contribution in [0.3, 0.4) is 0 Å². The molecule has 3 aromatic rings. The fourth-order valence-corrected chi connectivity index (χ4v) is 3.35. The Morgan fingerprint density at radius 3 is 2.59 bits per heavy atom. The molecular weight excluding hydrogens is 351 g/mol. The standard InChI is InChI=1S/C19H19FN4O3/c20-13-6-4-12(5-7-13)17-16-18(24-10-2-1-3-11-24)21-14(8-9-15(25)26)22-19(16)27-23-17/h4-7H,1-3,8-11H2,(H,25,26). The van der Waals surface area contributed by atoms with E-state index >= 15 is 0 Å². The van der Waals surface area contributed by atoms with Crippen molar-refractivity contribution in [2.75, 3.05) is 18.0 Å². The number of fused-ring (bicyclic) bond motifs is 1. The maximum Gasteiger partial charge on any atom is 0.303 e. The molecule has 4 rings (SSSR count). The Kier molecular flexibility index (Phi) is 4.70. The predicted octanol–water partition coefficient (Wildman–Crippen LogP) is 3.43. The van der Waals surface area contributed by atoms with Gasteiger partial charge in [-0.2, -0.15) is 4.98 Å². The second kappa shape index (κ2) is 7.30. The molecule has 0 saturated carbocycles. The number of hydrogen-bond acceptors (Lipinski definition) is 6. The largest absolute Gasteiger partial charge is 0.481 e. The number of piperidine rings is 1. The second-order valence-electron chi connectivity index (χ2n) is 6.62. The lowest BCUT2D eigenvalue weighted by molar-refractivity contribution is -0.137. The highest BCUT2D eigenvalue weighted by atomic mass is 19.1. The average Bonchev–Trinajstić information content (AvgIpc) is 3.11. The Morgan fingerprint density at radius 2 is 1.89 bits per heavy atom. The number of benzene rings is 1. The molecule has 1 aliphatic rings. The number of aliphatic carboxylic acids is 1. The van der Waals surface area contributed by atoms with Crippen molar-refractivity contribution in [1.82, 2.24) is 15.1 Å². The zero-order valence-corrected chi connectivity index (χ0v) is 14.7. The molecule has 8 heteroatoms. The summed E-state index contributed by atoms with van der Waals surface area (Å²) in [5.41, 5.74) is 1.61. The summed E-state index contributed by atoms with van der Waals surface area (Å²) < 4.78 is 18.7. The van der Waals surface area contributed by atoms with E-state index in [4.69, 9.17) is 9.63 Å². The maximum absolute atomic E-state index is 13.3. The minimum Gasteiger partial charge on any atom is -0.481 e. The third-order valence-electron chi connectivity index (χ3n) is 4.70. The van der Waals surface area contributed by atoms with Crippen LogP contribution in [-0.2, 0) is 11.2 Å². The van der Waals surface area contributed by atoms with Crippen LogP contribution in [0.25, 0.3) is 22.4 Å². The van der Waals surface area contributed by atoms with Gasteiger partial charge in [-0.1, -0.05) is 5.16 Å². The number of halogens is 1. The molecule has 3 heterocycles. The number of carboxylic acid groups (broad SMARTS) is 1. The van der Waals surface area contributed by atoms with Gasteiger partial charge in [-0.15, -0.1) is 0 Å². The van der Waals surface area contributed by atoms with Gasteiger partial charge in [-0.3, -0.25) is 4.79 Å². The third kappa shape index (κ3) is 3.60. The third-order valence-corrected chi connectivity index (χ3v) is 4.70. The Balaban J connectivity index is 1.83. The van der Waals surface area contributed by atoms with Crippen LogP contribution in [0.5, 0.6) is 0 Å². The van der Waals surface area contributed by atoms with Gasteiger partial charge in [0.15, 0.2) is 0 Å². The number of hydrogen-bond donors (Lipinski definition) is 1. The molecule has 0 spiro atoms. The van der Waals surface area contributed by atoms with Gasteiger partial charge >= 0.3 is 5.97 Å². The van der Waals surface area contributed by atoms with E-state index in [0.717, 1.165) is 31.5 Å². The molecule has 1 aliphatic heterocycles. The second-order valence-corrected chi connectivity index (χ2v) is 6.62. The van der Waals surface area contributed by atoms with E-state index in [2.05, 4.69) is 20.0 Å². The van der Waals surface area contributed by atoms with Gasteiger partial charge in [-0.05, 0) is 43.5 Å². The fraction of sp³-hybridized carbons (Fsp3) is 0.368. The first-order chi connectivity index (χ1) is 13.1. The van der Waals surface area contributed by atoms with E-state index in [1.165, 1.54) is 18.6 Å². The zero-order valence-electron chi connectivity index (χ0n) is 14.7. The van der Waals surface area contributed by atoms with Gasteiger partial charge < -0.3 is 14.5 Å². The maximum atomic E-state index is 13.3. The number of carboxylic acids is 1. The Hall–Kier alpha value is -3.03. The van der Waals surface area contributed by atoms with Crippen molar-refractivity contribution in [3.63, 3.8) is 0 Å². The molecule has 140 valence electrons. The molecule has 0 aliphatic carbocycles. The van der Waals surface area contributed by atoms with Crippen LogP contribution in [-0.4, -0.2) is 39.3 Å². The van der Waals surface area contributed by atoms with Crippen molar-refractivity contribution >= 4 is 22.9 Å². The summed E-state index contributed by atoms with van der Waals surface area (Å²) in [5, 5.41) is 13.8. The smallest absolute Gasteiger partial charge is 0.303 e. The van der Waals surface area contributed by atoms with Crippen LogP contribution >= 0.6 is 0 Å². The first-order valence-corrected chi connectivity index (χ1v) is 9.01. The van der Waals surface area contributed by atoms with Gasteiger partial charge in [0.25, 0.3) is 5.71 Å². The highest BCUT2D eigenvalue weighted by Gasteiger charge is 2.23. The van der Waals surface area contributed by atoms with E-state index in [0.29, 0.717) is 28.4 Å². The number of carbonyl (C=O) groups is 1. The molecule has 1 aromatic carbocycles. The molecule has 1 saturated heterocycles. The lowest BCUT2D eigenvalue weighted by atomic mass is 10.1. The molecule has 0 unspecified atom stereocenters. The molecule has 2 aromatic heterocycles. The first kappa shape index (κ1) is 17.4. The highest BCUT2D eigenvalue weighted by Crippen LogP contribution is 2.35. The molecule has 0 amide bonds. The first-order valence-electron chi connectivity index (χ1n) is 9.01. The van der Waals surface area contributed by atoms with E-state index < -0.39 is 5.97 Å². The van der Waals surface area contributed by atoms with Crippen molar-refractivity contribution in [2.45, 2.75) is 32.1 Å². The summed E-state index contributed by atoms with van der Waals surface area (Å²) in [7, 11) is 0. The van der Waals surface area contributed by atoms with Gasteiger partial charge in [0.2, 0.25) is 0 Å². The van der Waals surface area contributed by atoms with Crippen molar-refractivity contribution in [3.8, 4) is 11.3 Å². The van der Waals surface area contributed by atoms with Gasteiger partial charge in [0.1, 0.15) is 28.5 Å². The lowest BCUT2D eigenvalue weighted by Gasteiger charge is -2.28. The zero-order chi connectivity index (χ0) is 18.8. The predicted molar refractivity (Wildman–Crippen MR) is 97.0 cm³/mol. The van der Waals surface area contributed by atoms with Crippen LogP contribution in [0.15, 0.2) is 28.8 Å². The van der Waals surface area contributed by atoms with Crippen LogP contribution in [0.2, 0.25) is 0 Å². The van der Waals surface area contributed by atoms with Crippen molar-refractivity contribution < 1.29 is 18.8 Å². The number of anilines is 1. The average molecular weight is 370 g/mol. The summed E-state index contributed by atoms with van der Waals surface area (Å²) in [6, 6.07) is 6.03. The lowest BCUT2D eigenvalue weighted by Crippen LogP contribution is -2.30. The minimum absolute atomic E-state index is 0.0517. The van der Waals surface area contributed by atoms with Crippen molar-refractivity contribution in [3.05, 3.63) is 35.9 Å². The van der Waals surface area contributed by atoms with Crippen molar-refractivity contribution in [1.29, 1.82) is 0 Å². The van der Waals surface area contributed by atoms with Gasteiger partial charge in [-0.25, -0.2) is 9.37 Å². The van der Waals surface area contributed by atoms with Gasteiger partial charge in [0, 0.05) is 25.1 Å². The highest BCUT2D eigenvalue weighted by molar-refractivity contribution is 5.98. The fourth-order valence-electron chi connectivity index (χ4n) is 3.35. The summed E-state index contributed by atoms with van der Waals surface area (Å²) >= 11 is 0. The number of nitrogens with zero attached hydrogens (tertiary/aromatic N) is 4.